The predicted molar refractivity (Wildman–Crippen MR) is 136 cm³/mol. The van der Waals surface area contributed by atoms with E-state index in [1.165, 1.54) is 32.1 Å². The van der Waals surface area contributed by atoms with Crippen molar-refractivity contribution in [3.63, 3.8) is 0 Å². The molecule has 2 aromatic rings. The number of ether oxygens (including phenoxy) is 1. The third-order valence-corrected chi connectivity index (χ3v) is 7.56. The van der Waals surface area contributed by atoms with E-state index < -0.39 is 0 Å². The second-order valence-electron chi connectivity index (χ2n) is 10.4. The lowest BCUT2D eigenvalue weighted by molar-refractivity contribution is 0.0834. The highest BCUT2D eigenvalue weighted by molar-refractivity contribution is 7.98. The Morgan fingerprint density at radius 3 is 2.65 bits per heavy atom. The van der Waals surface area contributed by atoms with Gasteiger partial charge >= 0.3 is 0 Å². The Morgan fingerprint density at radius 2 is 1.94 bits per heavy atom. The van der Waals surface area contributed by atoms with Gasteiger partial charge < -0.3 is 19.4 Å². The van der Waals surface area contributed by atoms with Crippen LogP contribution in [0.1, 0.15) is 87.7 Å². The molecule has 0 unspecified atom stereocenters. The normalized spacial score (nSPS) is 19.4. The number of carbonyl (C=O) groups excluding carboxylic acids is 1. The van der Waals surface area contributed by atoms with Crippen LogP contribution in [0.2, 0.25) is 0 Å². The summed E-state index contributed by atoms with van der Waals surface area (Å²) in [4.78, 5) is 24.5. The molecule has 1 atom stereocenters. The third kappa shape index (κ3) is 6.54. The first kappa shape index (κ1) is 25.0. The molecule has 186 valence electrons. The van der Waals surface area contributed by atoms with Crippen LogP contribution >= 0.6 is 11.8 Å². The van der Waals surface area contributed by atoms with Crippen molar-refractivity contribution in [2.24, 2.45) is 0 Å². The summed E-state index contributed by atoms with van der Waals surface area (Å²) >= 11 is 1.55. The molecule has 0 spiro atoms. The lowest BCUT2D eigenvalue weighted by Crippen LogP contribution is -2.34. The standard InChI is InChI=1S/C26H38N4O3S/c1-26(2,3)22-15-23(30(4)18-9-6-5-7-10-18)29-25(28-22)34-17-20-12-13-21(33-20)24(31)27-16-19-11-8-14-32-19/h12-13,15,18-19H,5-11,14,16-17H2,1-4H3,(H,27,31)/t19-/m1/s1. The molecule has 0 aromatic carbocycles. The number of aromatic nitrogens is 2. The molecule has 2 aliphatic rings. The minimum Gasteiger partial charge on any atom is -0.455 e. The summed E-state index contributed by atoms with van der Waals surface area (Å²) < 4.78 is 11.4. The molecule has 7 nitrogen and oxygen atoms in total. The van der Waals surface area contributed by atoms with Crippen molar-refractivity contribution in [1.29, 1.82) is 0 Å². The lowest BCUT2D eigenvalue weighted by atomic mass is 9.91. The molecule has 0 radical (unpaired) electrons. The number of nitrogens with one attached hydrogen (secondary N) is 1. The van der Waals surface area contributed by atoms with Crippen molar-refractivity contribution in [2.45, 2.75) is 94.2 Å². The van der Waals surface area contributed by atoms with Crippen molar-refractivity contribution >= 4 is 23.5 Å². The molecule has 1 amide bonds. The maximum Gasteiger partial charge on any atom is 0.287 e. The Bertz CT molecular complexity index is 959. The molecule has 3 heterocycles. The van der Waals surface area contributed by atoms with Crippen molar-refractivity contribution in [3.05, 3.63) is 35.4 Å². The first-order valence-electron chi connectivity index (χ1n) is 12.5. The topological polar surface area (TPSA) is 80.5 Å². The molecule has 1 N–H and O–H groups in total. The van der Waals surface area contributed by atoms with Gasteiger partial charge in [-0.25, -0.2) is 9.97 Å². The highest BCUT2D eigenvalue weighted by atomic mass is 32.2. The van der Waals surface area contributed by atoms with Crippen molar-refractivity contribution < 1.29 is 13.9 Å². The highest BCUT2D eigenvalue weighted by Gasteiger charge is 2.24. The molecule has 1 saturated carbocycles. The minimum absolute atomic E-state index is 0.0701. The van der Waals surface area contributed by atoms with Gasteiger partial charge in [0.25, 0.3) is 5.91 Å². The number of thioether (sulfide) groups is 1. The number of hydrogen-bond donors (Lipinski definition) is 1. The van der Waals surface area contributed by atoms with Crippen LogP contribution in [0.5, 0.6) is 0 Å². The van der Waals surface area contributed by atoms with Gasteiger partial charge in [-0.1, -0.05) is 51.8 Å². The average Bonchev–Trinajstić information content (AvgIpc) is 3.53. The van der Waals surface area contributed by atoms with E-state index in [1.807, 2.05) is 6.07 Å². The summed E-state index contributed by atoms with van der Waals surface area (Å²) in [7, 11) is 2.16. The molecular formula is C26H38N4O3S. The Hall–Kier alpha value is -2.06. The van der Waals surface area contributed by atoms with Gasteiger partial charge in [0.2, 0.25) is 0 Å². The molecule has 4 rings (SSSR count). The summed E-state index contributed by atoms with van der Waals surface area (Å²) in [6.45, 7) is 7.85. The van der Waals surface area contributed by atoms with E-state index in [2.05, 4.69) is 44.1 Å². The second-order valence-corrected chi connectivity index (χ2v) is 11.4. The summed E-state index contributed by atoms with van der Waals surface area (Å²) in [5, 5.41) is 3.65. The maximum absolute atomic E-state index is 12.4. The summed E-state index contributed by atoms with van der Waals surface area (Å²) in [6.07, 6.45) is 8.51. The van der Waals surface area contributed by atoms with E-state index in [4.69, 9.17) is 19.1 Å². The van der Waals surface area contributed by atoms with E-state index in [-0.39, 0.29) is 17.4 Å². The van der Waals surface area contributed by atoms with Gasteiger partial charge in [-0.2, -0.15) is 0 Å². The molecule has 2 fully saturated rings. The first-order valence-corrected chi connectivity index (χ1v) is 13.5. The number of furan rings is 1. The van der Waals surface area contributed by atoms with E-state index >= 15 is 0 Å². The van der Waals surface area contributed by atoms with Crippen molar-refractivity contribution in [2.75, 3.05) is 25.1 Å². The van der Waals surface area contributed by atoms with Gasteiger partial charge in [-0.05, 0) is 37.8 Å². The molecule has 8 heteroatoms. The molecule has 0 bridgehead atoms. The zero-order valence-electron chi connectivity index (χ0n) is 20.9. The van der Waals surface area contributed by atoms with Crippen LogP contribution in [0.4, 0.5) is 5.82 Å². The summed E-state index contributed by atoms with van der Waals surface area (Å²) in [6, 6.07) is 6.27. The Balaban J connectivity index is 1.41. The van der Waals surface area contributed by atoms with E-state index in [0.717, 1.165) is 41.9 Å². The fourth-order valence-corrected chi connectivity index (χ4v) is 5.26. The summed E-state index contributed by atoms with van der Waals surface area (Å²) in [5.41, 5.74) is 0.968. The number of amides is 1. The lowest BCUT2D eigenvalue weighted by Gasteiger charge is -2.33. The van der Waals surface area contributed by atoms with Crippen LogP contribution in [0.3, 0.4) is 0 Å². The van der Waals surface area contributed by atoms with Crippen LogP contribution in [-0.2, 0) is 15.9 Å². The number of carbonyl (C=O) groups is 1. The second kappa shape index (κ2) is 11.1. The van der Waals surface area contributed by atoms with Crippen LogP contribution in [0.15, 0.2) is 27.8 Å². The largest absolute Gasteiger partial charge is 0.455 e. The fourth-order valence-electron chi connectivity index (χ4n) is 4.51. The Morgan fingerprint density at radius 1 is 1.15 bits per heavy atom. The molecule has 2 aromatic heterocycles. The van der Waals surface area contributed by atoms with Crippen molar-refractivity contribution in [3.8, 4) is 0 Å². The van der Waals surface area contributed by atoms with Crippen LogP contribution in [0.25, 0.3) is 0 Å². The average molecular weight is 487 g/mol. The van der Waals surface area contributed by atoms with Gasteiger partial charge in [0.15, 0.2) is 10.9 Å². The molecule has 1 saturated heterocycles. The Labute approximate surface area is 207 Å². The van der Waals surface area contributed by atoms with Gasteiger partial charge in [0, 0.05) is 37.7 Å². The zero-order chi connectivity index (χ0) is 24.1. The first-order chi connectivity index (χ1) is 16.3. The quantitative estimate of drug-likeness (QED) is 0.399. The highest BCUT2D eigenvalue weighted by Crippen LogP contribution is 2.31. The molecule has 1 aliphatic heterocycles. The SMILES string of the molecule is CN(c1cc(C(C)(C)C)nc(SCc2ccc(C(=O)NC[C@H]3CCCO3)o2)n1)C1CCCCC1. The van der Waals surface area contributed by atoms with Crippen molar-refractivity contribution in [1.82, 2.24) is 15.3 Å². The number of hydrogen-bond acceptors (Lipinski definition) is 7. The molecular weight excluding hydrogens is 448 g/mol. The van der Waals surface area contributed by atoms with Crippen LogP contribution in [-0.4, -0.2) is 48.2 Å². The van der Waals surface area contributed by atoms with Gasteiger partial charge in [0.1, 0.15) is 11.6 Å². The van der Waals surface area contributed by atoms with Gasteiger partial charge in [-0.15, -0.1) is 0 Å². The molecule has 1 aliphatic carbocycles. The molecule has 34 heavy (non-hydrogen) atoms. The monoisotopic (exact) mass is 486 g/mol. The van der Waals surface area contributed by atoms with E-state index in [1.54, 1.807) is 17.8 Å². The van der Waals surface area contributed by atoms with Crippen LogP contribution in [0, 0.1) is 0 Å². The predicted octanol–water partition coefficient (Wildman–Crippen LogP) is 5.34. The summed E-state index contributed by atoms with van der Waals surface area (Å²) in [5.74, 6) is 2.42. The van der Waals surface area contributed by atoms with E-state index in [0.29, 0.717) is 24.1 Å². The number of nitrogens with zero attached hydrogens (tertiary/aromatic N) is 3. The maximum atomic E-state index is 12.4. The van der Waals surface area contributed by atoms with E-state index in [9.17, 15) is 4.79 Å². The number of anilines is 1. The van der Waals surface area contributed by atoms with Crippen LogP contribution < -0.4 is 10.2 Å². The van der Waals surface area contributed by atoms with Gasteiger partial charge in [0.05, 0.1) is 17.6 Å². The van der Waals surface area contributed by atoms with Gasteiger partial charge in [-0.3, -0.25) is 4.79 Å². The number of rotatable bonds is 8. The fraction of sp³-hybridized carbons (Fsp3) is 0.654. The minimum atomic E-state index is -0.200. The third-order valence-electron chi connectivity index (χ3n) is 6.69. The zero-order valence-corrected chi connectivity index (χ0v) is 21.7. The smallest absolute Gasteiger partial charge is 0.287 e. The Kier molecular flexibility index (Phi) is 8.19.